The molecule has 2 aromatic carbocycles. The van der Waals surface area contributed by atoms with Gasteiger partial charge < -0.3 is 9.84 Å². The van der Waals surface area contributed by atoms with E-state index in [1.807, 2.05) is 24.3 Å². The van der Waals surface area contributed by atoms with E-state index in [0.29, 0.717) is 12.4 Å². The molecular formula is C28H36F3N3O. The minimum absolute atomic E-state index is 0.128. The number of alkyl halides is 3. The van der Waals surface area contributed by atoms with Gasteiger partial charge in [0.05, 0.1) is 5.56 Å². The Balaban J connectivity index is 1.43. The molecule has 0 aliphatic carbocycles. The van der Waals surface area contributed by atoms with Crippen LogP contribution in [0.25, 0.3) is 11.5 Å². The SMILES string of the molecule is CCCCCCCCCCCc1noc(-c2cccc(CNCc3ccccc3C(F)(F)F)c2)n1. The average Bonchev–Trinajstić information content (AvgIpc) is 3.32. The van der Waals surface area contributed by atoms with Crippen molar-refractivity contribution in [3.63, 3.8) is 0 Å². The van der Waals surface area contributed by atoms with Crippen LogP contribution < -0.4 is 5.32 Å². The van der Waals surface area contributed by atoms with Crippen molar-refractivity contribution < 1.29 is 17.7 Å². The minimum Gasteiger partial charge on any atom is -0.334 e. The second-order valence-electron chi connectivity index (χ2n) is 9.05. The maximum atomic E-state index is 13.2. The van der Waals surface area contributed by atoms with Crippen LogP contribution in [0.2, 0.25) is 0 Å². The molecule has 1 aromatic heterocycles. The first kappa shape index (κ1) is 26.9. The Morgan fingerprint density at radius 2 is 1.54 bits per heavy atom. The molecule has 0 aliphatic rings. The van der Waals surface area contributed by atoms with Crippen molar-refractivity contribution in [1.82, 2.24) is 15.5 Å². The topological polar surface area (TPSA) is 51.0 Å². The highest BCUT2D eigenvalue weighted by Gasteiger charge is 2.32. The lowest BCUT2D eigenvalue weighted by Gasteiger charge is -2.13. The van der Waals surface area contributed by atoms with E-state index in [4.69, 9.17) is 4.52 Å². The molecule has 4 nitrogen and oxygen atoms in total. The molecule has 1 N–H and O–H groups in total. The zero-order chi connectivity index (χ0) is 24.9. The van der Waals surface area contributed by atoms with Crippen LogP contribution >= 0.6 is 0 Å². The first-order valence-electron chi connectivity index (χ1n) is 12.7. The molecule has 7 heteroatoms. The number of hydrogen-bond acceptors (Lipinski definition) is 4. The molecule has 0 atom stereocenters. The molecule has 3 aromatic rings. The van der Waals surface area contributed by atoms with E-state index in [2.05, 4.69) is 22.4 Å². The van der Waals surface area contributed by atoms with Gasteiger partial charge in [0, 0.05) is 25.1 Å². The lowest BCUT2D eigenvalue weighted by molar-refractivity contribution is -0.138. The molecular weight excluding hydrogens is 451 g/mol. The van der Waals surface area contributed by atoms with Gasteiger partial charge in [0.15, 0.2) is 5.82 Å². The largest absolute Gasteiger partial charge is 0.416 e. The van der Waals surface area contributed by atoms with Gasteiger partial charge in [0.25, 0.3) is 5.89 Å². The number of nitrogens with one attached hydrogen (secondary N) is 1. The number of rotatable bonds is 15. The third-order valence-electron chi connectivity index (χ3n) is 6.11. The number of nitrogens with zero attached hydrogens (tertiary/aromatic N) is 2. The predicted molar refractivity (Wildman–Crippen MR) is 133 cm³/mol. The summed E-state index contributed by atoms with van der Waals surface area (Å²) in [6.45, 7) is 2.80. The summed E-state index contributed by atoms with van der Waals surface area (Å²) in [5, 5.41) is 7.22. The van der Waals surface area contributed by atoms with Gasteiger partial charge in [-0.15, -0.1) is 0 Å². The highest BCUT2D eigenvalue weighted by atomic mass is 19.4. The number of halogens is 3. The highest BCUT2D eigenvalue weighted by molar-refractivity contribution is 5.54. The van der Waals surface area contributed by atoms with Crippen molar-refractivity contribution >= 4 is 0 Å². The van der Waals surface area contributed by atoms with E-state index in [-0.39, 0.29) is 12.1 Å². The Labute approximate surface area is 206 Å². The van der Waals surface area contributed by atoms with Gasteiger partial charge in [-0.2, -0.15) is 18.2 Å². The average molecular weight is 488 g/mol. The number of aryl methyl sites for hydroxylation is 1. The maximum Gasteiger partial charge on any atom is 0.416 e. The zero-order valence-corrected chi connectivity index (χ0v) is 20.5. The lowest BCUT2D eigenvalue weighted by Crippen LogP contribution is -2.17. The minimum atomic E-state index is -4.36. The van der Waals surface area contributed by atoms with Gasteiger partial charge >= 0.3 is 6.18 Å². The van der Waals surface area contributed by atoms with Crippen LogP contribution in [0.15, 0.2) is 53.1 Å². The molecule has 35 heavy (non-hydrogen) atoms. The van der Waals surface area contributed by atoms with E-state index >= 15 is 0 Å². The Morgan fingerprint density at radius 1 is 0.829 bits per heavy atom. The molecule has 0 unspecified atom stereocenters. The number of unbranched alkanes of at least 4 members (excludes halogenated alkanes) is 8. The van der Waals surface area contributed by atoms with Crippen molar-refractivity contribution in [3.8, 4) is 11.5 Å². The van der Waals surface area contributed by atoms with Gasteiger partial charge in [-0.1, -0.05) is 93.8 Å². The first-order chi connectivity index (χ1) is 17.0. The monoisotopic (exact) mass is 487 g/mol. The maximum absolute atomic E-state index is 13.2. The van der Waals surface area contributed by atoms with Gasteiger partial charge in [0.2, 0.25) is 0 Å². The molecule has 190 valence electrons. The molecule has 3 rings (SSSR count). The highest BCUT2D eigenvalue weighted by Crippen LogP contribution is 2.31. The number of benzene rings is 2. The van der Waals surface area contributed by atoms with E-state index in [9.17, 15) is 13.2 Å². The molecule has 0 fully saturated rings. The Hall–Kier alpha value is -2.67. The Kier molecular flexibility index (Phi) is 10.8. The molecule has 0 amide bonds. The third kappa shape index (κ3) is 9.13. The second kappa shape index (κ2) is 14.0. The third-order valence-corrected chi connectivity index (χ3v) is 6.11. The smallest absolute Gasteiger partial charge is 0.334 e. The van der Waals surface area contributed by atoms with Crippen molar-refractivity contribution in [2.24, 2.45) is 0 Å². The molecule has 1 heterocycles. The molecule has 0 saturated heterocycles. The lowest BCUT2D eigenvalue weighted by atomic mass is 10.1. The Bertz CT molecular complexity index is 1020. The molecule has 0 bridgehead atoms. The first-order valence-corrected chi connectivity index (χ1v) is 12.7. The van der Waals surface area contributed by atoms with Crippen LogP contribution in [0.5, 0.6) is 0 Å². The van der Waals surface area contributed by atoms with E-state index in [1.165, 1.54) is 63.5 Å². The van der Waals surface area contributed by atoms with E-state index < -0.39 is 11.7 Å². The summed E-state index contributed by atoms with van der Waals surface area (Å²) in [4.78, 5) is 4.53. The standard InChI is InChI=1S/C28H36F3N3O/c1-2-3-4-5-6-7-8-9-10-18-26-33-27(35-34-26)23-16-13-14-22(19-23)20-32-21-24-15-11-12-17-25(24)28(29,30)31/h11-17,19,32H,2-10,18,20-21H2,1H3. The predicted octanol–water partition coefficient (Wildman–Crippen LogP) is 8.12. The molecule has 0 aliphatic heterocycles. The fraction of sp³-hybridized carbons (Fsp3) is 0.500. The molecule has 0 spiro atoms. The van der Waals surface area contributed by atoms with Crippen LogP contribution in [0, 0.1) is 0 Å². The summed E-state index contributed by atoms with van der Waals surface area (Å²) in [7, 11) is 0. The van der Waals surface area contributed by atoms with Crippen LogP contribution in [0.3, 0.4) is 0 Å². The van der Waals surface area contributed by atoms with E-state index in [1.54, 1.807) is 6.07 Å². The fourth-order valence-corrected chi connectivity index (χ4v) is 4.17. The van der Waals surface area contributed by atoms with Crippen LogP contribution in [-0.2, 0) is 25.7 Å². The zero-order valence-electron chi connectivity index (χ0n) is 20.5. The van der Waals surface area contributed by atoms with E-state index in [0.717, 1.165) is 35.9 Å². The quantitative estimate of drug-likeness (QED) is 0.220. The fourth-order valence-electron chi connectivity index (χ4n) is 4.17. The summed E-state index contributed by atoms with van der Waals surface area (Å²) in [5.41, 5.74) is 1.37. The molecule has 0 saturated carbocycles. The van der Waals surface area contributed by atoms with Gasteiger partial charge in [-0.05, 0) is 35.7 Å². The second-order valence-corrected chi connectivity index (χ2v) is 9.05. The summed E-state index contributed by atoms with van der Waals surface area (Å²) >= 11 is 0. The summed E-state index contributed by atoms with van der Waals surface area (Å²) in [6.07, 6.45) is 7.87. The van der Waals surface area contributed by atoms with Crippen molar-refractivity contribution in [1.29, 1.82) is 0 Å². The number of hydrogen-bond donors (Lipinski definition) is 1. The van der Waals surface area contributed by atoms with Crippen molar-refractivity contribution in [2.45, 2.75) is 90.4 Å². The van der Waals surface area contributed by atoms with Crippen molar-refractivity contribution in [3.05, 3.63) is 71.0 Å². The Morgan fingerprint density at radius 3 is 2.29 bits per heavy atom. The van der Waals surface area contributed by atoms with Gasteiger partial charge in [-0.25, -0.2) is 0 Å². The number of aromatic nitrogens is 2. The summed E-state index contributed by atoms with van der Waals surface area (Å²) in [5.74, 6) is 1.19. The molecule has 0 radical (unpaired) electrons. The van der Waals surface area contributed by atoms with Crippen LogP contribution in [0.1, 0.15) is 87.2 Å². The van der Waals surface area contributed by atoms with Crippen LogP contribution in [0.4, 0.5) is 13.2 Å². The summed E-state index contributed by atoms with van der Waals surface area (Å²) < 4.78 is 45.0. The normalized spacial score (nSPS) is 11.8. The van der Waals surface area contributed by atoms with Gasteiger partial charge in [-0.3, -0.25) is 0 Å². The van der Waals surface area contributed by atoms with Crippen molar-refractivity contribution in [2.75, 3.05) is 0 Å². The van der Waals surface area contributed by atoms with Gasteiger partial charge in [0.1, 0.15) is 0 Å². The van der Waals surface area contributed by atoms with Crippen LogP contribution in [-0.4, -0.2) is 10.1 Å². The summed E-state index contributed by atoms with van der Waals surface area (Å²) in [6, 6.07) is 13.3.